The lowest BCUT2D eigenvalue weighted by molar-refractivity contribution is 0.0600. The van der Waals surface area contributed by atoms with Crippen LogP contribution in [0.15, 0.2) is 24.3 Å². The minimum absolute atomic E-state index is 0.362. The van der Waals surface area contributed by atoms with Crippen LogP contribution < -0.4 is 5.73 Å². The van der Waals surface area contributed by atoms with Crippen LogP contribution in [0, 0.1) is 0 Å². The highest BCUT2D eigenvalue weighted by Crippen LogP contribution is 2.41. The number of methoxy groups -OCH3 is 1. The number of rotatable bonds is 4. The van der Waals surface area contributed by atoms with Crippen molar-refractivity contribution in [1.82, 2.24) is 15.0 Å². The molecule has 0 amide bonds. The fourth-order valence-electron chi connectivity index (χ4n) is 2.30. The zero-order chi connectivity index (χ0) is 14.1. The molecular weight excluding hydrogens is 256 g/mol. The van der Waals surface area contributed by atoms with E-state index in [1.807, 2.05) is 12.1 Å². The predicted molar refractivity (Wildman–Crippen MR) is 72.6 cm³/mol. The minimum Gasteiger partial charge on any atom is -0.465 e. The maximum Gasteiger partial charge on any atom is 0.337 e. The molecule has 6 heteroatoms. The number of hydrogen-bond acceptors (Lipinski definition) is 5. The fourth-order valence-corrected chi connectivity index (χ4v) is 2.30. The Balaban J connectivity index is 2.05. The molecule has 0 unspecified atom stereocenters. The molecule has 0 aliphatic heterocycles. The van der Waals surface area contributed by atoms with E-state index in [1.54, 1.807) is 16.8 Å². The first-order valence-electron chi connectivity index (χ1n) is 6.58. The van der Waals surface area contributed by atoms with Gasteiger partial charge in [0.2, 0.25) is 0 Å². The Hall–Kier alpha value is -2.21. The summed E-state index contributed by atoms with van der Waals surface area (Å²) in [4.78, 5) is 11.6. The van der Waals surface area contributed by atoms with Gasteiger partial charge in [0.1, 0.15) is 5.69 Å². The van der Waals surface area contributed by atoms with Crippen molar-refractivity contribution in [1.29, 1.82) is 0 Å². The Morgan fingerprint density at radius 1 is 1.50 bits per heavy atom. The Bertz CT molecular complexity index is 646. The molecule has 1 fully saturated rings. The van der Waals surface area contributed by atoms with E-state index in [4.69, 9.17) is 10.5 Å². The highest BCUT2D eigenvalue weighted by Gasteiger charge is 2.31. The Kier molecular flexibility index (Phi) is 3.23. The van der Waals surface area contributed by atoms with E-state index in [-0.39, 0.29) is 5.97 Å². The van der Waals surface area contributed by atoms with Gasteiger partial charge in [-0.1, -0.05) is 11.3 Å². The van der Waals surface area contributed by atoms with Crippen LogP contribution in [0.4, 0.5) is 0 Å². The molecule has 0 saturated heterocycles. The number of ether oxygens (including phenoxy) is 1. The molecule has 1 aromatic carbocycles. The molecule has 0 radical (unpaired) electrons. The third-order valence-electron chi connectivity index (χ3n) is 3.45. The monoisotopic (exact) mass is 272 g/mol. The van der Waals surface area contributed by atoms with Crippen LogP contribution in [-0.4, -0.2) is 28.1 Å². The molecule has 20 heavy (non-hydrogen) atoms. The molecule has 0 bridgehead atoms. The SMILES string of the molecule is COC(=O)c1cccc(-n2nnc(CN)c2C2CC2)c1. The van der Waals surface area contributed by atoms with Crippen LogP contribution in [0.5, 0.6) is 0 Å². The predicted octanol–water partition coefficient (Wildman–Crippen LogP) is 1.39. The molecule has 1 heterocycles. The lowest BCUT2D eigenvalue weighted by Crippen LogP contribution is -2.07. The summed E-state index contributed by atoms with van der Waals surface area (Å²) in [5.41, 5.74) is 8.92. The maximum atomic E-state index is 11.6. The van der Waals surface area contributed by atoms with Gasteiger partial charge in [0.05, 0.1) is 24.1 Å². The van der Waals surface area contributed by atoms with Crippen molar-refractivity contribution in [2.24, 2.45) is 5.73 Å². The Labute approximate surface area is 116 Å². The largest absolute Gasteiger partial charge is 0.465 e. The van der Waals surface area contributed by atoms with Gasteiger partial charge >= 0.3 is 5.97 Å². The normalized spacial score (nSPS) is 14.3. The average molecular weight is 272 g/mol. The van der Waals surface area contributed by atoms with Crippen LogP contribution in [0.3, 0.4) is 0 Å². The number of nitrogens with zero attached hydrogens (tertiary/aromatic N) is 3. The van der Waals surface area contributed by atoms with E-state index in [9.17, 15) is 4.79 Å². The summed E-state index contributed by atoms with van der Waals surface area (Å²) in [6.45, 7) is 0.378. The molecule has 0 spiro atoms. The second-order valence-electron chi connectivity index (χ2n) is 4.85. The maximum absolute atomic E-state index is 11.6. The van der Waals surface area contributed by atoms with Crippen molar-refractivity contribution in [2.75, 3.05) is 7.11 Å². The van der Waals surface area contributed by atoms with Crippen LogP contribution >= 0.6 is 0 Å². The van der Waals surface area contributed by atoms with Crippen molar-refractivity contribution < 1.29 is 9.53 Å². The van der Waals surface area contributed by atoms with E-state index in [1.165, 1.54) is 7.11 Å². The summed E-state index contributed by atoms with van der Waals surface area (Å²) in [5.74, 6) is 0.115. The number of carbonyl (C=O) groups is 1. The van der Waals surface area contributed by atoms with E-state index >= 15 is 0 Å². The first-order valence-corrected chi connectivity index (χ1v) is 6.58. The Morgan fingerprint density at radius 2 is 2.30 bits per heavy atom. The molecular formula is C14H16N4O2. The number of esters is 1. The molecule has 6 nitrogen and oxygen atoms in total. The number of hydrogen-bond donors (Lipinski definition) is 1. The van der Waals surface area contributed by atoms with Gasteiger partial charge in [0, 0.05) is 12.5 Å². The number of nitrogens with two attached hydrogens (primary N) is 1. The van der Waals surface area contributed by atoms with Gasteiger partial charge < -0.3 is 10.5 Å². The number of aromatic nitrogens is 3. The van der Waals surface area contributed by atoms with Crippen molar-refractivity contribution in [3.63, 3.8) is 0 Å². The molecule has 1 aromatic heterocycles. The van der Waals surface area contributed by atoms with Gasteiger partial charge in [-0.05, 0) is 31.0 Å². The molecule has 3 rings (SSSR count). The topological polar surface area (TPSA) is 83.0 Å². The lowest BCUT2D eigenvalue weighted by Gasteiger charge is -2.08. The zero-order valence-electron chi connectivity index (χ0n) is 11.2. The standard InChI is InChI=1S/C14H16N4O2/c1-20-14(19)10-3-2-4-11(7-10)18-13(9-5-6-9)12(8-15)16-17-18/h2-4,7,9H,5-6,8,15H2,1H3. The fraction of sp³-hybridized carbons (Fsp3) is 0.357. The van der Waals surface area contributed by atoms with E-state index < -0.39 is 0 Å². The van der Waals surface area contributed by atoms with Crippen LogP contribution in [0.25, 0.3) is 5.69 Å². The zero-order valence-corrected chi connectivity index (χ0v) is 11.2. The summed E-state index contributed by atoms with van der Waals surface area (Å²) in [7, 11) is 1.37. The van der Waals surface area contributed by atoms with E-state index in [2.05, 4.69) is 10.3 Å². The molecule has 0 atom stereocenters. The number of benzene rings is 1. The van der Waals surface area contributed by atoms with Crippen LogP contribution in [0.2, 0.25) is 0 Å². The highest BCUT2D eigenvalue weighted by molar-refractivity contribution is 5.89. The average Bonchev–Trinajstić information content (AvgIpc) is 3.25. The number of carbonyl (C=O) groups excluding carboxylic acids is 1. The lowest BCUT2D eigenvalue weighted by atomic mass is 10.1. The molecule has 1 saturated carbocycles. The smallest absolute Gasteiger partial charge is 0.337 e. The summed E-state index contributed by atoms with van der Waals surface area (Å²) in [6, 6.07) is 7.18. The van der Waals surface area contributed by atoms with Gasteiger partial charge in [0.25, 0.3) is 0 Å². The highest BCUT2D eigenvalue weighted by atomic mass is 16.5. The third-order valence-corrected chi connectivity index (χ3v) is 3.45. The Morgan fingerprint density at radius 3 is 2.95 bits per heavy atom. The summed E-state index contributed by atoms with van der Waals surface area (Å²) < 4.78 is 6.52. The van der Waals surface area contributed by atoms with Gasteiger partial charge in [-0.3, -0.25) is 0 Å². The van der Waals surface area contributed by atoms with Crippen molar-refractivity contribution in [3.05, 3.63) is 41.2 Å². The first-order chi connectivity index (χ1) is 9.74. The van der Waals surface area contributed by atoms with Gasteiger partial charge in [0.15, 0.2) is 0 Å². The van der Waals surface area contributed by atoms with Crippen molar-refractivity contribution in [3.8, 4) is 5.69 Å². The van der Waals surface area contributed by atoms with Gasteiger partial charge in [-0.15, -0.1) is 5.10 Å². The second kappa shape index (κ2) is 5.05. The molecule has 1 aliphatic carbocycles. The van der Waals surface area contributed by atoms with E-state index in [0.29, 0.717) is 18.0 Å². The molecule has 1 aliphatic rings. The van der Waals surface area contributed by atoms with E-state index in [0.717, 1.165) is 29.9 Å². The first kappa shape index (κ1) is 12.8. The van der Waals surface area contributed by atoms with Crippen LogP contribution in [-0.2, 0) is 11.3 Å². The van der Waals surface area contributed by atoms with Crippen molar-refractivity contribution in [2.45, 2.75) is 25.3 Å². The quantitative estimate of drug-likeness (QED) is 0.850. The third kappa shape index (κ3) is 2.18. The van der Waals surface area contributed by atoms with Gasteiger partial charge in [-0.25, -0.2) is 9.48 Å². The second-order valence-corrected chi connectivity index (χ2v) is 4.85. The van der Waals surface area contributed by atoms with Crippen molar-refractivity contribution >= 4 is 5.97 Å². The molecule has 2 aromatic rings. The molecule has 104 valence electrons. The minimum atomic E-state index is -0.362. The van der Waals surface area contributed by atoms with Gasteiger partial charge in [-0.2, -0.15) is 0 Å². The summed E-state index contributed by atoms with van der Waals surface area (Å²) in [5, 5.41) is 8.32. The van der Waals surface area contributed by atoms with Crippen LogP contribution in [0.1, 0.15) is 40.5 Å². The summed E-state index contributed by atoms with van der Waals surface area (Å²) >= 11 is 0. The summed E-state index contributed by atoms with van der Waals surface area (Å²) in [6.07, 6.45) is 2.27. The molecule has 2 N–H and O–H groups in total.